The Morgan fingerprint density at radius 1 is 0.828 bits per heavy atom. The zero-order valence-corrected chi connectivity index (χ0v) is 18.1. The van der Waals surface area contributed by atoms with Crippen molar-refractivity contribution in [1.29, 1.82) is 0 Å². The van der Waals surface area contributed by atoms with Crippen molar-refractivity contribution < 1.29 is 18.6 Å². The first-order valence-electron chi connectivity index (χ1n) is 9.72. The molecule has 0 bridgehead atoms. The van der Waals surface area contributed by atoms with E-state index in [-0.39, 0.29) is 17.3 Å². The van der Waals surface area contributed by atoms with Crippen LogP contribution in [0.25, 0.3) is 22.1 Å². The minimum atomic E-state index is -0.139. The molecular formula is C24H28O5. The first-order valence-corrected chi connectivity index (χ1v) is 9.72. The van der Waals surface area contributed by atoms with Gasteiger partial charge in [0.15, 0.2) is 0 Å². The van der Waals surface area contributed by atoms with Crippen molar-refractivity contribution in [3.8, 4) is 28.4 Å². The summed E-state index contributed by atoms with van der Waals surface area (Å²) in [6.45, 7) is 8.46. The van der Waals surface area contributed by atoms with Crippen LogP contribution >= 0.6 is 0 Å². The maximum Gasteiger partial charge on any atom is 0.204 e. The smallest absolute Gasteiger partial charge is 0.204 e. The molecule has 3 rings (SSSR count). The predicted octanol–water partition coefficient (Wildman–Crippen LogP) is 5.73. The van der Waals surface area contributed by atoms with Crippen LogP contribution in [0.3, 0.4) is 0 Å². The predicted molar refractivity (Wildman–Crippen MR) is 116 cm³/mol. The average molecular weight is 396 g/mol. The SMILES string of the molecule is COc1cc(OC)c2c(=O)c(-c3cc(C(C)C)c(OC)c(C(C)C)c3)coc2c1. The topological polar surface area (TPSA) is 57.9 Å². The summed E-state index contributed by atoms with van der Waals surface area (Å²) in [6, 6.07) is 7.42. The Kier molecular flexibility index (Phi) is 5.87. The van der Waals surface area contributed by atoms with Crippen LogP contribution in [0.15, 0.2) is 39.7 Å². The lowest BCUT2D eigenvalue weighted by Gasteiger charge is -2.20. The molecule has 0 radical (unpaired) electrons. The van der Waals surface area contributed by atoms with Crippen molar-refractivity contribution in [3.63, 3.8) is 0 Å². The molecule has 0 atom stereocenters. The fourth-order valence-corrected chi connectivity index (χ4v) is 3.59. The summed E-state index contributed by atoms with van der Waals surface area (Å²) in [5, 5.41) is 0.402. The zero-order chi connectivity index (χ0) is 21.3. The summed E-state index contributed by atoms with van der Waals surface area (Å²) >= 11 is 0. The van der Waals surface area contributed by atoms with E-state index in [0.29, 0.717) is 28.0 Å². The Morgan fingerprint density at radius 2 is 1.45 bits per heavy atom. The molecule has 0 aliphatic carbocycles. The molecule has 0 aliphatic rings. The van der Waals surface area contributed by atoms with Crippen LogP contribution in [0.2, 0.25) is 0 Å². The monoisotopic (exact) mass is 396 g/mol. The summed E-state index contributed by atoms with van der Waals surface area (Å²) in [4.78, 5) is 13.4. The first kappa shape index (κ1) is 20.8. The number of rotatable bonds is 6. The van der Waals surface area contributed by atoms with Gasteiger partial charge in [0.1, 0.15) is 34.5 Å². The number of fused-ring (bicyclic) bond motifs is 1. The third-order valence-corrected chi connectivity index (χ3v) is 5.18. The molecule has 5 heteroatoms. The third-order valence-electron chi connectivity index (χ3n) is 5.18. The molecule has 0 aliphatic heterocycles. The molecule has 0 N–H and O–H groups in total. The highest BCUT2D eigenvalue weighted by Gasteiger charge is 2.20. The van der Waals surface area contributed by atoms with Gasteiger partial charge in [0.25, 0.3) is 0 Å². The Morgan fingerprint density at radius 3 is 1.93 bits per heavy atom. The minimum absolute atomic E-state index is 0.139. The fourth-order valence-electron chi connectivity index (χ4n) is 3.59. The molecular weight excluding hydrogens is 368 g/mol. The summed E-state index contributed by atoms with van der Waals surface area (Å²) in [5.41, 5.74) is 3.72. The van der Waals surface area contributed by atoms with Crippen molar-refractivity contribution in [2.24, 2.45) is 0 Å². The molecule has 0 saturated carbocycles. The van der Waals surface area contributed by atoms with Gasteiger partial charge in [-0.15, -0.1) is 0 Å². The molecule has 1 heterocycles. The van der Waals surface area contributed by atoms with E-state index in [1.54, 1.807) is 26.4 Å². The minimum Gasteiger partial charge on any atom is -0.496 e. The lowest BCUT2D eigenvalue weighted by molar-refractivity contribution is 0.396. The summed E-state index contributed by atoms with van der Waals surface area (Å²) in [5.74, 6) is 2.36. The van der Waals surface area contributed by atoms with Gasteiger partial charge in [-0.25, -0.2) is 0 Å². The maximum absolute atomic E-state index is 13.4. The molecule has 0 unspecified atom stereocenters. The van der Waals surface area contributed by atoms with Crippen LogP contribution in [0.1, 0.15) is 50.7 Å². The molecule has 0 saturated heterocycles. The van der Waals surface area contributed by atoms with E-state index in [2.05, 4.69) is 27.7 Å². The largest absolute Gasteiger partial charge is 0.496 e. The van der Waals surface area contributed by atoms with E-state index in [4.69, 9.17) is 18.6 Å². The van der Waals surface area contributed by atoms with Gasteiger partial charge in [-0.2, -0.15) is 0 Å². The van der Waals surface area contributed by atoms with Gasteiger partial charge in [0.2, 0.25) is 5.43 Å². The lowest BCUT2D eigenvalue weighted by atomic mass is 9.89. The Hall–Kier alpha value is -2.95. The highest BCUT2D eigenvalue weighted by atomic mass is 16.5. The Bertz CT molecular complexity index is 1060. The highest BCUT2D eigenvalue weighted by Crippen LogP contribution is 2.39. The number of hydrogen-bond acceptors (Lipinski definition) is 5. The average Bonchev–Trinajstić information content (AvgIpc) is 2.71. The second kappa shape index (κ2) is 8.19. The van der Waals surface area contributed by atoms with Crippen molar-refractivity contribution >= 4 is 11.0 Å². The van der Waals surface area contributed by atoms with Gasteiger partial charge in [0, 0.05) is 12.1 Å². The van der Waals surface area contributed by atoms with Crippen molar-refractivity contribution in [3.05, 3.63) is 51.9 Å². The van der Waals surface area contributed by atoms with E-state index in [9.17, 15) is 4.79 Å². The molecule has 154 valence electrons. The number of hydrogen-bond donors (Lipinski definition) is 0. The quantitative estimate of drug-likeness (QED) is 0.532. The molecule has 2 aromatic carbocycles. The van der Waals surface area contributed by atoms with Crippen LogP contribution in [-0.4, -0.2) is 21.3 Å². The van der Waals surface area contributed by atoms with Crippen LogP contribution in [0.5, 0.6) is 17.2 Å². The normalized spacial score (nSPS) is 11.3. The molecule has 3 aromatic rings. The van der Waals surface area contributed by atoms with Gasteiger partial charge >= 0.3 is 0 Å². The fraction of sp³-hybridized carbons (Fsp3) is 0.375. The molecule has 5 nitrogen and oxygen atoms in total. The van der Waals surface area contributed by atoms with Gasteiger partial charge in [-0.3, -0.25) is 4.79 Å². The van der Waals surface area contributed by atoms with Gasteiger partial charge < -0.3 is 18.6 Å². The standard InChI is InChI=1S/C24H28O5/c1-13(2)17-8-15(9-18(14(3)4)24(17)28-7)19-12-29-21-11-16(26-5)10-20(27-6)22(21)23(19)25/h8-14H,1-7H3. The number of ether oxygens (including phenoxy) is 3. The number of benzene rings is 2. The van der Waals surface area contributed by atoms with E-state index >= 15 is 0 Å². The lowest BCUT2D eigenvalue weighted by Crippen LogP contribution is -2.08. The molecule has 29 heavy (non-hydrogen) atoms. The van der Waals surface area contributed by atoms with Crippen LogP contribution in [-0.2, 0) is 0 Å². The van der Waals surface area contributed by atoms with E-state index in [1.807, 2.05) is 12.1 Å². The third kappa shape index (κ3) is 3.69. The van der Waals surface area contributed by atoms with Gasteiger partial charge in [-0.1, -0.05) is 27.7 Å². The molecule has 0 fully saturated rings. The van der Waals surface area contributed by atoms with Crippen molar-refractivity contribution in [1.82, 2.24) is 0 Å². The Balaban J connectivity index is 2.34. The second-order valence-electron chi connectivity index (χ2n) is 7.68. The summed E-state index contributed by atoms with van der Waals surface area (Å²) < 4.78 is 22.3. The van der Waals surface area contributed by atoms with Crippen LogP contribution < -0.4 is 19.6 Å². The summed E-state index contributed by atoms with van der Waals surface area (Å²) in [7, 11) is 4.78. The summed E-state index contributed by atoms with van der Waals surface area (Å²) in [6.07, 6.45) is 1.51. The molecule has 1 aromatic heterocycles. The highest BCUT2D eigenvalue weighted by molar-refractivity contribution is 5.88. The second-order valence-corrected chi connectivity index (χ2v) is 7.68. The maximum atomic E-state index is 13.4. The van der Waals surface area contributed by atoms with Crippen molar-refractivity contribution in [2.45, 2.75) is 39.5 Å². The number of methoxy groups -OCH3 is 3. The Labute approximate surface area is 171 Å². The van der Waals surface area contributed by atoms with Crippen molar-refractivity contribution in [2.75, 3.05) is 21.3 Å². The van der Waals surface area contributed by atoms with Gasteiger partial charge in [0.05, 0.1) is 26.9 Å². The van der Waals surface area contributed by atoms with E-state index in [1.165, 1.54) is 13.4 Å². The molecule has 0 amide bonds. The zero-order valence-electron chi connectivity index (χ0n) is 18.1. The van der Waals surface area contributed by atoms with E-state index < -0.39 is 0 Å². The van der Waals surface area contributed by atoms with E-state index in [0.717, 1.165) is 22.4 Å². The van der Waals surface area contributed by atoms with Crippen LogP contribution in [0, 0.1) is 0 Å². The molecule has 0 spiro atoms. The van der Waals surface area contributed by atoms with Gasteiger partial charge in [-0.05, 0) is 40.7 Å². The first-order chi connectivity index (χ1) is 13.8. The van der Waals surface area contributed by atoms with Crippen LogP contribution in [0.4, 0.5) is 0 Å².